The minimum absolute atomic E-state index is 0.373. The van der Waals surface area contributed by atoms with E-state index in [4.69, 9.17) is 10.5 Å². The lowest BCUT2D eigenvalue weighted by Gasteiger charge is -1.99. The maximum atomic E-state index is 5.44. The smallest absolute Gasteiger partial charge is 0.299 e. The molecule has 2 heterocycles. The summed E-state index contributed by atoms with van der Waals surface area (Å²) in [4.78, 5) is 3.97. The zero-order valence-corrected chi connectivity index (χ0v) is 9.96. The van der Waals surface area contributed by atoms with Crippen molar-refractivity contribution in [2.45, 2.75) is 6.54 Å². The van der Waals surface area contributed by atoms with E-state index in [0.29, 0.717) is 17.5 Å². The van der Waals surface area contributed by atoms with Crippen LogP contribution in [0.3, 0.4) is 0 Å². The van der Waals surface area contributed by atoms with Gasteiger partial charge in [-0.3, -0.25) is 4.98 Å². The largest absolute Gasteiger partial charge is 0.428 e. The third-order valence-corrected chi connectivity index (χ3v) is 2.77. The molecule has 2 rings (SSSR count). The third kappa shape index (κ3) is 2.71. The Hall–Kier alpha value is -1.05. The first kappa shape index (κ1) is 10.5. The normalized spacial score (nSPS) is 10.3. The van der Waals surface area contributed by atoms with Crippen molar-refractivity contribution in [2.75, 3.05) is 0 Å². The summed E-state index contributed by atoms with van der Waals surface area (Å²) in [7, 11) is 0. The lowest BCUT2D eigenvalue weighted by Crippen LogP contribution is -1.94. The number of ether oxygens (including phenoxy) is 1. The van der Waals surface area contributed by atoms with Crippen molar-refractivity contribution in [1.29, 1.82) is 0 Å². The van der Waals surface area contributed by atoms with Gasteiger partial charge in [0.2, 0.25) is 0 Å². The second-order valence-corrected chi connectivity index (χ2v) is 4.55. The second kappa shape index (κ2) is 4.65. The molecule has 0 bridgehead atoms. The van der Waals surface area contributed by atoms with Crippen LogP contribution >= 0.6 is 27.3 Å². The second-order valence-electron chi connectivity index (χ2n) is 2.61. The highest BCUT2D eigenvalue weighted by atomic mass is 79.9. The molecule has 0 atom stereocenters. The van der Waals surface area contributed by atoms with Crippen LogP contribution in [0, 0.1) is 0 Å². The van der Waals surface area contributed by atoms with E-state index in [1.165, 1.54) is 11.3 Å². The van der Waals surface area contributed by atoms with Gasteiger partial charge in [0.15, 0.2) is 0 Å². The van der Waals surface area contributed by atoms with E-state index in [2.05, 4.69) is 31.1 Å². The molecule has 0 radical (unpaired) electrons. The summed E-state index contributed by atoms with van der Waals surface area (Å²) in [5.41, 5.74) is 5.41. The van der Waals surface area contributed by atoms with Crippen molar-refractivity contribution in [3.8, 4) is 10.9 Å². The highest BCUT2D eigenvalue weighted by Crippen LogP contribution is 2.25. The number of hydrogen-bond donors (Lipinski definition) is 1. The first-order valence-corrected chi connectivity index (χ1v) is 5.70. The lowest BCUT2D eigenvalue weighted by molar-refractivity contribution is 0.470. The summed E-state index contributed by atoms with van der Waals surface area (Å²) in [6, 6.07) is 1.80. The number of halogens is 1. The summed E-state index contributed by atoms with van der Waals surface area (Å²) in [5.74, 6) is 0.615. The van der Waals surface area contributed by atoms with Crippen LogP contribution in [0.5, 0.6) is 10.9 Å². The first-order valence-electron chi connectivity index (χ1n) is 4.09. The van der Waals surface area contributed by atoms with E-state index in [1.807, 2.05) is 0 Å². The highest BCUT2D eigenvalue weighted by molar-refractivity contribution is 9.10. The van der Waals surface area contributed by atoms with Crippen LogP contribution in [0.4, 0.5) is 0 Å². The predicted octanol–water partition coefficient (Wildman–Crippen LogP) is 1.95. The molecule has 0 spiro atoms. The number of nitrogens with zero attached hydrogens (tertiary/aromatic N) is 3. The fourth-order valence-corrected chi connectivity index (χ4v) is 1.84. The van der Waals surface area contributed by atoms with Crippen molar-refractivity contribution < 1.29 is 4.74 Å². The molecule has 2 N–H and O–H groups in total. The number of rotatable bonds is 3. The molecule has 78 valence electrons. The van der Waals surface area contributed by atoms with Gasteiger partial charge >= 0.3 is 0 Å². The third-order valence-electron chi connectivity index (χ3n) is 1.51. The monoisotopic (exact) mass is 286 g/mol. The van der Waals surface area contributed by atoms with Crippen LogP contribution in [-0.2, 0) is 6.54 Å². The molecule has 5 nitrogen and oxygen atoms in total. The van der Waals surface area contributed by atoms with Gasteiger partial charge < -0.3 is 10.5 Å². The topological polar surface area (TPSA) is 73.9 Å². The molecule has 15 heavy (non-hydrogen) atoms. The van der Waals surface area contributed by atoms with Crippen molar-refractivity contribution in [2.24, 2.45) is 5.73 Å². The van der Waals surface area contributed by atoms with Crippen LogP contribution in [-0.4, -0.2) is 15.2 Å². The maximum Gasteiger partial charge on any atom is 0.299 e. The van der Waals surface area contributed by atoms with Gasteiger partial charge in [0.05, 0.1) is 6.20 Å². The van der Waals surface area contributed by atoms with Crippen LogP contribution in [0.1, 0.15) is 5.01 Å². The zero-order valence-electron chi connectivity index (χ0n) is 7.55. The van der Waals surface area contributed by atoms with Gasteiger partial charge in [-0.2, -0.15) is 0 Å². The van der Waals surface area contributed by atoms with E-state index in [-0.39, 0.29) is 0 Å². The van der Waals surface area contributed by atoms with E-state index in [1.54, 1.807) is 18.5 Å². The molecule has 0 aromatic carbocycles. The van der Waals surface area contributed by atoms with Gasteiger partial charge in [0.25, 0.3) is 5.19 Å². The number of nitrogens with two attached hydrogens (primary N) is 1. The number of pyridine rings is 1. The molecule has 7 heteroatoms. The van der Waals surface area contributed by atoms with Gasteiger partial charge in [-0.25, -0.2) is 0 Å². The summed E-state index contributed by atoms with van der Waals surface area (Å²) < 4.78 is 6.29. The number of hydrogen-bond acceptors (Lipinski definition) is 6. The molecule has 0 aliphatic rings. The Labute approximate surface area is 98.4 Å². The molecule has 0 saturated carbocycles. The molecule has 0 fully saturated rings. The Morgan fingerprint density at radius 2 is 2.27 bits per heavy atom. The Kier molecular flexibility index (Phi) is 3.24. The average Bonchev–Trinajstić information content (AvgIpc) is 2.65. The molecule has 0 aliphatic carbocycles. The van der Waals surface area contributed by atoms with Gasteiger partial charge in [0, 0.05) is 17.2 Å². The molecule has 2 aromatic heterocycles. The van der Waals surface area contributed by atoms with Crippen LogP contribution in [0.25, 0.3) is 0 Å². The van der Waals surface area contributed by atoms with Crippen LogP contribution in [0.15, 0.2) is 22.9 Å². The van der Waals surface area contributed by atoms with Gasteiger partial charge in [-0.1, -0.05) is 16.4 Å². The Balaban J connectivity index is 2.14. The van der Waals surface area contributed by atoms with E-state index < -0.39 is 0 Å². The van der Waals surface area contributed by atoms with Crippen molar-refractivity contribution in [3.63, 3.8) is 0 Å². The van der Waals surface area contributed by atoms with Gasteiger partial charge in [-0.15, -0.1) is 5.10 Å². The minimum Gasteiger partial charge on any atom is -0.428 e. The van der Waals surface area contributed by atoms with Crippen molar-refractivity contribution >= 4 is 27.3 Å². The van der Waals surface area contributed by atoms with Crippen molar-refractivity contribution in [1.82, 2.24) is 15.2 Å². The van der Waals surface area contributed by atoms with Crippen molar-refractivity contribution in [3.05, 3.63) is 27.9 Å². The molecule has 0 amide bonds. The SMILES string of the molecule is NCc1nnc(Oc2cncc(Br)c2)s1. The predicted molar refractivity (Wildman–Crippen MR) is 59.8 cm³/mol. The standard InChI is InChI=1S/C8H7BrN4OS/c9-5-1-6(4-11-3-5)14-8-13-12-7(2-10)15-8/h1,3-4H,2,10H2. The molecule has 2 aromatic rings. The van der Waals surface area contributed by atoms with E-state index in [9.17, 15) is 0 Å². The summed E-state index contributed by atoms with van der Waals surface area (Å²) in [5, 5.41) is 8.89. The summed E-state index contributed by atoms with van der Waals surface area (Å²) in [6.45, 7) is 0.373. The Morgan fingerprint density at radius 3 is 2.93 bits per heavy atom. The van der Waals surface area contributed by atoms with Crippen LogP contribution < -0.4 is 10.5 Å². The molecular formula is C8H7BrN4OS. The summed E-state index contributed by atoms with van der Waals surface area (Å²) in [6.07, 6.45) is 3.28. The quantitative estimate of drug-likeness (QED) is 0.934. The Morgan fingerprint density at radius 1 is 1.40 bits per heavy atom. The average molecular weight is 287 g/mol. The first-order chi connectivity index (χ1) is 7.28. The summed E-state index contributed by atoms with van der Waals surface area (Å²) >= 11 is 4.62. The van der Waals surface area contributed by atoms with Gasteiger partial charge in [0.1, 0.15) is 10.8 Å². The number of aromatic nitrogens is 3. The molecule has 0 aliphatic heterocycles. The molecule has 0 saturated heterocycles. The Bertz CT molecular complexity index is 461. The highest BCUT2D eigenvalue weighted by Gasteiger charge is 2.05. The zero-order chi connectivity index (χ0) is 10.7. The van der Waals surface area contributed by atoms with Gasteiger partial charge in [-0.05, 0) is 22.0 Å². The van der Waals surface area contributed by atoms with E-state index in [0.717, 1.165) is 9.48 Å². The molecular weight excluding hydrogens is 280 g/mol. The van der Waals surface area contributed by atoms with E-state index >= 15 is 0 Å². The minimum atomic E-state index is 0.373. The fraction of sp³-hybridized carbons (Fsp3) is 0.125. The lowest BCUT2D eigenvalue weighted by atomic mass is 10.5. The maximum absolute atomic E-state index is 5.44. The van der Waals surface area contributed by atoms with Crippen LogP contribution in [0.2, 0.25) is 0 Å². The fourth-order valence-electron chi connectivity index (χ4n) is 0.911. The molecule has 0 unspecified atom stereocenters.